The summed E-state index contributed by atoms with van der Waals surface area (Å²) in [5.41, 5.74) is 4.58. The summed E-state index contributed by atoms with van der Waals surface area (Å²) < 4.78 is 8.53. The Kier molecular flexibility index (Phi) is 8.93. The zero-order valence-electron chi connectivity index (χ0n) is 20.9. The number of nitrogens with one attached hydrogen (secondary N) is 1. The fourth-order valence-corrected chi connectivity index (χ4v) is 4.32. The highest BCUT2D eigenvalue weighted by molar-refractivity contribution is 5.78. The Morgan fingerprint density at radius 2 is 1.88 bits per heavy atom. The van der Waals surface area contributed by atoms with Crippen LogP contribution in [0.15, 0.2) is 42.5 Å². The van der Waals surface area contributed by atoms with E-state index in [0.29, 0.717) is 19.1 Å². The number of carbonyl (C=O) groups is 1. The number of imidazole rings is 1. The van der Waals surface area contributed by atoms with Crippen LogP contribution < -0.4 is 10.1 Å². The van der Waals surface area contributed by atoms with Crippen molar-refractivity contribution < 1.29 is 9.53 Å². The number of aromatic nitrogens is 2. The lowest BCUT2D eigenvalue weighted by Crippen LogP contribution is -2.31. The van der Waals surface area contributed by atoms with Crippen LogP contribution in [0.5, 0.6) is 5.75 Å². The number of para-hydroxylation sites is 2. The molecule has 1 heterocycles. The summed E-state index contributed by atoms with van der Waals surface area (Å²) in [4.78, 5) is 17.1. The number of hydrogen-bond donors (Lipinski definition) is 1. The van der Waals surface area contributed by atoms with Crippen molar-refractivity contribution in [1.82, 2.24) is 14.9 Å². The monoisotopic (exact) mass is 449 g/mol. The van der Waals surface area contributed by atoms with Gasteiger partial charge in [-0.25, -0.2) is 4.98 Å². The quantitative estimate of drug-likeness (QED) is 0.343. The highest BCUT2D eigenvalue weighted by atomic mass is 16.5. The van der Waals surface area contributed by atoms with Crippen molar-refractivity contribution in [3.05, 3.63) is 59.4 Å². The zero-order valence-corrected chi connectivity index (χ0v) is 20.9. The molecule has 1 aromatic heterocycles. The van der Waals surface area contributed by atoms with Crippen LogP contribution in [0, 0.1) is 12.8 Å². The van der Waals surface area contributed by atoms with E-state index in [1.54, 1.807) is 0 Å². The molecule has 178 valence electrons. The fourth-order valence-electron chi connectivity index (χ4n) is 4.32. The van der Waals surface area contributed by atoms with Gasteiger partial charge in [0, 0.05) is 18.9 Å². The second-order valence-electron chi connectivity index (χ2n) is 9.12. The van der Waals surface area contributed by atoms with Crippen LogP contribution in [-0.4, -0.2) is 28.6 Å². The van der Waals surface area contributed by atoms with Crippen molar-refractivity contribution in [1.29, 1.82) is 0 Å². The molecule has 0 bridgehead atoms. The average Bonchev–Trinajstić information content (AvgIpc) is 3.15. The van der Waals surface area contributed by atoms with Gasteiger partial charge in [-0.3, -0.25) is 4.79 Å². The molecular formula is C28H39N3O2. The molecule has 0 fully saturated rings. The molecule has 0 unspecified atom stereocenters. The van der Waals surface area contributed by atoms with Crippen molar-refractivity contribution in [3.8, 4) is 5.75 Å². The Bertz CT molecular complexity index is 1050. The van der Waals surface area contributed by atoms with Crippen molar-refractivity contribution in [2.45, 2.75) is 72.8 Å². The third kappa shape index (κ3) is 6.37. The smallest absolute Gasteiger partial charge is 0.223 e. The van der Waals surface area contributed by atoms with Crippen LogP contribution >= 0.6 is 0 Å². The van der Waals surface area contributed by atoms with Crippen molar-refractivity contribution in [2.75, 3.05) is 13.2 Å². The van der Waals surface area contributed by atoms with E-state index in [1.807, 2.05) is 6.07 Å². The fraction of sp³-hybridized carbons (Fsp3) is 0.500. The van der Waals surface area contributed by atoms with E-state index in [0.717, 1.165) is 54.8 Å². The highest BCUT2D eigenvalue weighted by Crippen LogP contribution is 2.27. The van der Waals surface area contributed by atoms with Crippen molar-refractivity contribution >= 4 is 16.9 Å². The molecule has 1 amide bonds. The second-order valence-corrected chi connectivity index (χ2v) is 9.12. The molecule has 0 aliphatic heterocycles. The van der Waals surface area contributed by atoms with Crippen molar-refractivity contribution in [2.24, 2.45) is 5.92 Å². The first-order valence-corrected chi connectivity index (χ1v) is 12.4. The summed E-state index contributed by atoms with van der Waals surface area (Å²) in [7, 11) is 0. The Hall–Kier alpha value is -2.82. The summed E-state index contributed by atoms with van der Waals surface area (Å²) in [5.74, 6) is 2.72. The largest absolute Gasteiger partial charge is 0.491 e. The van der Waals surface area contributed by atoms with E-state index < -0.39 is 0 Å². The minimum Gasteiger partial charge on any atom is -0.491 e. The molecule has 0 spiro atoms. The number of ether oxygens (including phenoxy) is 1. The molecule has 3 rings (SSSR count). The average molecular weight is 450 g/mol. The van der Waals surface area contributed by atoms with Crippen LogP contribution in [-0.2, 0) is 17.8 Å². The van der Waals surface area contributed by atoms with Gasteiger partial charge < -0.3 is 14.6 Å². The number of aryl methyl sites for hydroxylation is 2. The number of fused-ring (bicyclic) bond motifs is 1. The Balaban J connectivity index is 1.66. The molecule has 33 heavy (non-hydrogen) atoms. The normalized spacial score (nSPS) is 11.5. The van der Waals surface area contributed by atoms with Crippen molar-refractivity contribution in [3.63, 3.8) is 0 Å². The number of hydrogen-bond acceptors (Lipinski definition) is 3. The number of nitrogens with zero attached hydrogens (tertiary/aromatic N) is 2. The minimum atomic E-state index is 0.115. The third-order valence-corrected chi connectivity index (χ3v) is 6.33. The maximum Gasteiger partial charge on any atom is 0.223 e. The summed E-state index contributed by atoms with van der Waals surface area (Å²) >= 11 is 0. The molecule has 0 atom stereocenters. The minimum absolute atomic E-state index is 0.115. The SMILES string of the molecule is CCC(CC)C(=O)NCCCc1nc2ccccc2n1CCOc1cc(C)ccc1C(C)C. The standard InChI is InChI=1S/C28H39N3O2/c1-6-22(7-2)28(32)29-16-10-13-27-30-24-11-8-9-12-25(24)31(27)17-18-33-26-19-21(5)14-15-23(26)20(3)4/h8-9,11-12,14-15,19-20,22H,6-7,10,13,16-18H2,1-5H3,(H,29,32). The molecule has 0 saturated heterocycles. The molecule has 0 aliphatic carbocycles. The Morgan fingerprint density at radius 3 is 2.61 bits per heavy atom. The zero-order chi connectivity index (χ0) is 23.8. The first kappa shape index (κ1) is 24.8. The predicted molar refractivity (Wildman–Crippen MR) is 136 cm³/mol. The maximum absolute atomic E-state index is 12.3. The van der Waals surface area contributed by atoms with Gasteiger partial charge in [-0.2, -0.15) is 0 Å². The highest BCUT2D eigenvalue weighted by Gasteiger charge is 2.15. The summed E-state index contributed by atoms with van der Waals surface area (Å²) in [6.07, 6.45) is 3.46. The van der Waals surface area contributed by atoms with Gasteiger partial charge in [-0.1, -0.05) is 52.0 Å². The van der Waals surface area contributed by atoms with Crippen LogP contribution in [0.25, 0.3) is 11.0 Å². The number of rotatable bonds is 12. The van der Waals surface area contributed by atoms with E-state index in [2.05, 4.69) is 80.9 Å². The lowest BCUT2D eigenvalue weighted by Gasteiger charge is -2.16. The van der Waals surface area contributed by atoms with Gasteiger partial charge in [0.2, 0.25) is 5.91 Å². The Labute approximate surface area is 198 Å². The number of carbonyl (C=O) groups excluding carboxylic acids is 1. The van der Waals surface area contributed by atoms with E-state index in [4.69, 9.17) is 9.72 Å². The van der Waals surface area contributed by atoms with Crippen LogP contribution in [0.2, 0.25) is 0 Å². The van der Waals surface area contributed by atoms with Gasteiger partial charge in [0.25, 0.3) is 0 Å². The van der Waals surface area contributed by atoms with E-state index in [1.165, 1.54) is 11.1 Å². The number of benzene rings is 2. The molecule has 0 radical (unpaired) electrons. The predicted octanol–water partition coefficient (Wildman–Crippen LogP) is 6.03. The van der Waals surface area contributed by atoms with Crippen LogP contribution in [0.3, 0.4) is 0 Å². The van der Waals surface area contributed by atoms with Crippen LogP contribution in [0.4, 0.5) is 0 Å². The van der Waals surface area contributed by atoms with Gasteiger partial charge in [-0.15, -0.1) is 0 Å². The Morgan fingerprint density at radius 1 is 1.12 bits per heavy atom. The summed E-state index contributed by atoms with van der Waals surface area (Å²) in [6, 6.07) is 14.7. The van der Waals surface area contributed by atoms with E-state index in [-0.39, 0.29) is 11.8 Å². The molecule has 5 heteroatoms. The number of amides is 1. The van der Waals surface area contributed by atoms with E-state index in [9.17, 15) is 4.79 Å². The maximum atomic E-state index is 12.3. The molecule has 2 aromatic carbocycles. The van der Waals surface area contributed by atoms with Gasteiger partial charge in [0.15, 0.2) is 0 Å². The summed E-state index contributed by atoms with van der Waals surface area (Å²) in [6.45, 7) is 12.6. The molecule has 1 N–H and O–H groups in total. The lowest BCUT2D eigenvalue weighted by atomic mass is 10.0. The molecular weight excluding hydrogens is 410 g/mol. The summed E-state index contributed by atoms with van der Waals surface area (Å²) in [5, 5.41) is 3.09. The lowest BCUT2D eigenvalue weighted by molar-refractivity contribution is -0.125. The molecule has 3 aromatic rings. The first-order valence-electron chi connectivity index (χ1n) is 12.4. The molecule has 5 nitrogen and oxygen atoms in total. The van der Waals surface area contributed by atoms with Gasteiger partial charge in [0.1, 0.15) is 18.2 Å². The van der Waals surface area contributed by atoms with Gasteiger partial charge in [0.05, 0.1) is 17.6 Å². The second kappa shape index (κ2) is 11.9. The van der Waals surface area contributed by atoms with Gasteiger partial charge in [-0.05, 0) is 61.4 Å². The molecule has 0 saturated carbocycles. The topological polar surface area (TPSA) is 56.2 Å². The first-order chi connectivity index (χ1) is 15.9. The van der Waals surface area contributed by atoms with Crippen LogP contribution in [0.1, 0.15) is 69.8 Å². The van der Waals surface area contributed by atoms with E-state index >= 15 is 0 Å². The third-order valence-electron chi connectivity index (χ3n) is 6.33. The van der Waals surface area contributed by atoms with Gasteiger partial charge >= 0.3 is 0 Å². The molecule has 0 aliphatic rings.